The first-order valence-electron chi connectivity index (χ1n) is 10.8. The van der Waals surface area contributed by atoms with Gasteiger partial charge < -0.3 is 10.2 Å². The number of rotatable bonds is 10. The molecule has 0 aliphatic heterocycles. The lowest BCUT2D eigenvalue weighted by atomic mass is 10.1. The molecule has 0 radical (unpaired) electrons. The molecule has 2 aromatic carbocycles. The highest BCUT2D eigenvalue weighted by atomic mass is 32.2. The number of amides is 2. The highest BCUT2D eigenvalue weighted by molar-refractivity contribution is 7.92. The number of sulfonamides is 1. The van der Waals surface area contributed by atoms with Crippen molar-refractivity contribution in [3.8, 4) is 0 Å². The number of nitrogens with zero attached hydrogens (tertiary/aromatic N) is 2. The average molecular weight is 478 g/mol. The first-order valence-corrected chi connectivity index (χ1v) is 12.7. The summed E-state index contributed by atoms with van der Waals surface area (Å²) in [5.41, 5.74) is 2.72. The Labute approximate surface area is 195 Å². The van der Waals surface area contributed by atoms with Crippen LogP contribution in [0.5, 0.6) is 0 Å². The largest absolute Gasteiger partial charge is 0.355 e. The zero-order valence-corrected chi connectivity index (χ0v) is 20.6. The number of anilines is 1. The molecule has 0 aliphatic carbocycles. The summed E-state index contributed by atoms with van der Waals surface area (Å²) in [5.74, 6) is -1.26. The molecule has 1 N–H and O–H groups in total. The summed E-state index contributed by atoms with van der Waals surface area (Å²) in [6.07, 6.45) is 1.38. The van der Waals surface area contributed by atoms with Crippen molar-refractivity contribution in [3.63, 3.8) is 0 Å². The van der Waals surface area contributed by atoms with Crippen molar-refractivity contribution in [2.45, 2.75) is 46.7 Å². The topological polar surface area (TPSA) is 86.8 Å². The maximum atomic E-state index is 13.5. The summed E-state index contributed by atoms with van der Waals surface area (Å²) in [6, 6.07) is 10.1. The van der Waals surface area contributed by atoms with Gasteiger partial charge in [-0.05, 0) is 56.5 Å². The van der Waals surface area contributed by atoms with E-state index in [0.717, 1.165) is 16.1 Å². The van der Waals surface area contributed by atoms with Crippen LogP contribution >= 0.6 is 0 Å². The van der Waals surface area contributed by atoms with Crippen molar-refractivity contribution < 1.29 is 22.4 Å². The van der Waals surface area contributed by atoms with Crippen LogP contribution < -0.4 is 9.62 Å². The first-order chi connectivity index (χ1) is 15.5. The second-order valence-corrected chi connectivity index (χ2v) is 9.93. The summed E-state index contributed by atoms with van der Waals surface area (Å²) in [4.78, 5) is 27.6. The van der Waals surface area contributed by atoms with Crippen LogP contribution in [-0.2, 0) is 26.2 Å². The predicted octanol–water partition coefficient (Wildman–Crippen LogP) is 3.15. The lowest BCUT2D eigenvalue weighted by Gasteiger charge is -2.33. The fourth-order valence-electron chi connectivity index (χ4n) is 3.68. The summed E-state index contributed by atoms with van der Waals surface area (Å²) in [6.45, 7) is 7.22. The van der Waals surface area contributed by atoms with Gasteiger partial charge in [-0.1, -0.05) is 36.8 Å². The van der Waals surface area contributed by atoms with Gasteiger partial charge in [-0.3, -0.25) is 13.9 Å². The number of carbonyl (C=O) groups is 2. The monoisotopic (exact) mass is 477 g/mol. The molecular formula is C24H32FN3O4S. The van der Waals surface area contributed by atoms with Gasteiger partial charge in [0.15, 0.2) is 0 Å². The summed E-state index contributed by atoms with van der Waals surface area (Å²) >= 11 is 0. The molecule has 0 saturated carbocycles. The minimum Gasteiger partial charge on any atom is -0.355 e. The molecule has 0 heterocycles. The summed E-state index contributed by atoms with van der Waals surface area (Å²) < 4.78 is 39.7. The first kappa shape index (κ1) is 26.3. The van der Waals surface area contributed by atoms with Crippen LogP contribution in [0.1, 0.15) is 37.0 Å². The van der Waals surface area contributed by atoms with Gasteiger partial charge in [0.25, 0.3) is 0 Å². The lowest BCUT2D eigenvalue weighted by Crippen LogP contribution is -2.52. The van der Waals surface area contributed by atoms with Crippen molar-refractivity contribution in [3.05, 3.63) is 65.0 Å². The molecule has 2 aromatic rings. The molecule has 7 nitrogen and oxygen atoms in total. The maximum absolute atomic E-state index is 13.5. The molecule has 0 aliphatic rings. The van der Waals surface area contributed by atoms with Crippen LogP contribution in [0.15, 0.2) is 42.5 Å². The number of carbonyl (C=O) groups excluding carboxylic acids is 2. The zero-order chi connectivity index (χ0) is 24.8. The van der Waals surface area contributed by atoms with E-state index >= 15 is 0 Å². The third kappa shape index (κ3) is 7.02. The molecule has 9 heteroatoms. The van der Waals surface area contributed by atoms with Gasteiger partial charge in [0.05, 0.1) is 11.9 Å². The molecule has 180 valence electrons. The van der Waals surface area contributed by atoms with E-state index in [9.17, 15) is 22.4 Å². The van der Waals surface area contributed by atoms with Gasteiger partial charge in [-0.2, -0.15) is 0 Å². The van der Waals surface area contributed by atoms with E-state index < -0.39 is 34.3 Å². The van der Waals surface area contributed by atoms with E-state index in [4.69, 9.17) is 0 Å². The molecule has 0 bridgehead atoms. The van der Waals surface area contributed by atoms with Crippen LogP contribution in [0.4, 0.5) is 10.1 Å². The van der Waals surface area contributed by atoms with Crippen molar-refractivity contribution in [1.82, 2.24) is 10.2 Å². The molecule has 1 atom stereocenters. The molecule has 33 heavy (non-hydrogen) atoms. The lowest BCUT2D eigenvalue weighted by molar-refractivity contribution is -0.140. The number of halogens is 1. The predicted molar refractivity (Wildman–Crippen MR) is 128 cm³/mol. The summed E-state index contributed by atoms with van der Waals surface area (Å²) in [5, 5.41) is 2.73. The molecule has 0 aromatic heterocycles. The van der Waals surface area contributed by atoms with E-state index in [2.05, 4.69) is 5.32 Å². The van der Waals surface area contributed by atoms with Crippen LogP contribution in [-0.4, -0.2) is 50.5 Å². The van der Waals surface area contributed by atoms with Crippen molar-refractivity contribution >= 4 is 27.5 Å². The minimum absolute atomic E-state index is 0.0409. The number of likely N-dealkylation sites (N-methyl/N-ethyl adjacent to an activating group) is 1. The molecule has 2 rings (SSSR count). The van der Waals surface area contributed by atoms with Crippen LogP contribution in [0.3, 0.4) is 0 Å². The Bertz CT molecular complexity index is 1090. The maximum Gasteiger partial charge on any atom is 0.244 e. The minimum atomic E-state index is -3.79. The summed E-state index contributed by atoms with van der Waals surface area (Å²) in [7, 11) is -3.79. The fraction of sp³-hybridized carbons (Fsp3) is 0.417. The standard InChI is InChI=1S/C24H32FN3O4S/c1-6-21(24(30)26-7-2)27(15-19-9-11-20(25)12-10-19)23(29)16-28(33(5,31)32)22-13-8-17(3)14-18(22)4/h8-14,21H,6-7,15-16H2,1-5H3,(H,26,30). The Morgan fingerprint density at radius 3 is 2.21 bits per heavy atom. The van der Waals surface area contributed by atoms with Crippen LogP contribution in [0.2, 0.25) is 0 Å². The molecule has 0 spiro atoms. The normalized spacial score (nSPS) is 12.2. The average Bonchev–Trinajstić information content (AvgIpc) is 2.73. The number of aryl methyl sites for hydroxylation is 2. The number of benzene rings is 2. The zero-order valence-electron chi connectivity index (χ0n) is 19.8. The third-order valence-corrected chi connectivity index (χ3v) is 6.43. The van der Waals surface area contributed by atoms with E-state index in [-0.39, 0.29) is 12.5 Å². The van der Waals surface area contributed by atoms with E-state index in [1.807, 2.05) is 13.0 Å². The Hall–Kier alpha value is -2.94. The Morgan fingerprint density at radius 2 is 1.70 bits per heavy atom. The highest BCUT2D eigenvalue weighted by Crippen LogP contribution is 2.24. The fourth-order valence-corrected chi connectivity index (χ4v) is 4.59. The van der Waals surface area contributed by atoms with Gasteiger partial charge in [-0.15, -0.1) is 0 Å². The Balaban J connectivity index is 2.45. The van der Waals surface area contributed by atoms with Crippen LogP contribution in [0.25, 0.3) is 0 Å². The Morgan fingerprint density at radius 1 is 1.06 bits per heavy atom. The van der Waals surface area contributed by atoms with Crippen molar-refractivity contribution in [1.29, 1.82) is 0 Å². The smallest absolute Gasteiger partial charge is 0.244 e. The van der Waals surface area contributed by atoms with Gasteiger partial charge >= 0.3 is 0 Å². The van der Waals surface area contributed by atoms with E-state index in [0.29, 0.717) is 29.8 Å². The van der Waals surface area contributed by atoms with Gasteiger partial charge in [0.1, 0.15) is 18.4 Å². The highest BCUT2D eigenvalue weighted by Gasteiger charge is 2.31. The third-order valence-electron chi connectivity index (χ3n) is 5.30. The molecule has 1 unspecified atom stereocenters. The molecule has 0 fully saturated rings. The van der Waals surface area contributed by atoms with E-state index in [1.165, 1.54) is 17.0 Å². The van der Waals surface area contributed by atoms with Crippen LogP contribution in [0, 0.1) is 19.7 Å². The second kappa shape index (κ2) is 11.3. The number of nitrogens with one attached hydrogen (secondary N) is 1. The number of hydrogen-bond donors (Lipinski definition) is 1. The van der Waals surface area contributed by atoms with Crippen molar-refractivity contribution in [2.24, 2.45) is 0 Å². The van der Waals surface area contributed by atoms with Gasteiger partial charge in [0, 0.05) is 13.1 Å². The molecule has 0 saturated heterocycles. The van der Waals surface area contributed by atoms with Crippen molar-refractivity contribution in [2.75, 3.05) is 23.7 Å². The Kier molecular flexibility index (Phi) is 8.99. The van der Waals surface area contributed by atoms with Gasteiger partial charge in [-0.25, -0.2) is 12.8 Å². The number of hydrogen-bond acceptors (Lipinski definition) is 4. The van der Waals surface area contributed by atoms with Gasteiger partial charge in [0.2, 0.25) is 21.8 Å². The second-order valence-electron chi connectivity index (χ2n) is 8.03. The van der Waals surface area contributed by atoms with E-state index in [1.54, 1.807) is 45.0 Å². The molecule has 2 amide bonds. The quantitative estimate of drug-likeness (QED) is 0.570. The SMILES string of the molecule is CCNC(=O)C(CC)N(Cc1ccc(F)cc1)C(=O)CN(c1ccc(C)cc1C)S(C)(=O)=O. The molecular weight excluding hydrogens is 445 g/mol.